The SMILES string of the molecule is COc1ccc(C(=O)[O-])c(C)c1. The van der Waals surface area contributed by atoms with Crippen LogP contribution in [0.15, 0.2) is 18.2 Å². The van der Waals surface area contributed by atoms with Crippen LogP contribution in [-0.4, -0.2) is 13.1 Å². The molecule has 0 aromatic heterocycles. The molecule has 0 aliphatic heterocycles. The Labute approximate surface area is 70.6 Å². The predicted molar refractivity (Wildman–Crippen MR) is 42.1 cm³/mol. The van der Waals surface area contributed by atoms with E-state index >= 15 is 0 Å². The van der Waals surface area contributed by atoms with Gasteiger partial charge in [-0.3, -0.25) is 0 Å². The first-order valence-electron chi connectivity index (χ1n) is 3.51. The van der Waals surface area contributed by atoms with Gasteiger partial charge >= 0.3 is 0 Å². The van der Waals surface area contributed by atoms with E-state index in [2.05, 4.69) is 0 Å². The topological polar surface area (TPSA) is 49.4 Å². The van der Waals surface area contributed by atoms with Gasteiger partial charge in [-0.15, -0.1) is 0 Å². The van der Waals surface area contributed by atoms with Crippen molar-refractivity contribution in [2.45, 2.75) is 6.92 Å². The molecule has 0 radical (unpaired) electrons. The highest BCUT2D eigenvalue weighted by atomic mass is 16.5. The summed E-state index contributed by atoms with van der Waals surface area (Å²) in [5.41, 5.74) is 0.852. The van der Waals surface area contributed by atoms with Gasteiger partial charge in [0.1, 0.15) is 5.75 Å². The zero-order chi connectivity index (χ0) is 9.14. The zero-order valence-corrected chi connectivity index (χ0v) is 6.96. The molecule has 0 heterocycles. The van der Waals surface area contributed by atoms with Gasteiger partial charge in [-0.2, -0.15) is 0 Å². The largest absolute Gasteiger partial charge is 0.545 e. The first kappa shape index (κ1) is 8.59. The number of aryl methyl sites for hydroxylation is 1. The molecule has 1 aromatic carbocycles. The molecule has 0 saturated carbocycles. The van der Waals surface area contributed by atoms with Gasteiger partial charge in [0.2, 0.25) is 0 Å². The van der Waals surface area contributed by atoms with Gasteiger partial charge in [0, 0.05) is 5.56 Å². The summed E-state index contributed by atoms with van der Waals surface area (Å²) in [6.45, 7) is 1.70. The van der Waals surface area contributed by atoms with E-state index in [0.717, 1.165) is 0 Å². The van der Waals surface area contributed by atoms with Crippen LogP contribution >= 0.6 is 0 Å². The minimum Gasteiger partial charge on any atom is -0.545 e. The Morgan fingerprint density at radius 2 is 2.17 bits per heavy atom. The molecule has 0 N–H and O–H groups in total. The zero-order valence-electron chi connectivity index (χ0n) is 6.96. The maximum absolute atomic E-state index is 10.5. The number of benzene rings is 1. The molecule has 3 heteroatoms. The van der Waals surface area contributed by atoms with Crippen molar-refractivity contribution in [2.24, 2.45) is 0 Å². The van der Waals surface area contributed by atoms with Crippen molar-refractivity contribution < 1.29 is 14.6 Å². The van der Waals surface area contributed by atoms with E-state index in [4.69, 9.17) is 4.74 Å². The van der Waals surface area contributed by atoms with Crippen LogP contribution < -0.4 is 9.84 Å². The highest BCUT2D eigenvalue weighted by Gasteiger charge is 1.99. The molecule has 0 amide bonds. The molecule has 12 heavy (non-hydrogen) atoms. The third-order valence-corrected chi connectivity index (χ3v) is 1.65. The summed E-state index contributed by atoms with van der Waals surface area (Å²) in [6, 6.07) is 4.73. The van der Waals surface area contributed by atoms with Crippen molar-refractivity contribution in [3.05, 3.63) is 29.3 Å². The molecule has 1 rings (SSSR count). The number of hydrogen-bond acceptors (Lipinski definition) is 3. The lowest BCUT2D eigenvalue weighted by Gasteiger charge is -2.07. The summed E-state index contributed by atoms with van der Waals surface area (Å²) in [5.74, 6) is -0.507. The van der Waals surface area contributed by atoms with Gasteiger partial charge in [-0.05, 0) is 30.7 Å². The van der Waals surface area contributed by atoms with Crippen LogP contribution in [-0.2, 0) is 0 Å². The van der Waals surface area contributed by atoms with E-state index in [0.29, 0.717) is 11.3 Å². The second-order valence-corrected chi connectivity index (χ2v) is 2.47. The van der Waals surface area contributed by atoms with Crippen LogP contribution in [0.25, 0.3) is 0 Å². The van der Waals surface area contributed by atoms with Crippen LogP contribution in [0.3, 0.4) is 0 Å². The molecular weight excluding hydrogens is 156 g/mol. The Morgan fingerprint density at radius 3 is 2.58 bits per heavy atom. The standard InChI is InChI=1S/C9H10O3/c1-6-5-7(12-2)3-4-8(6)9(10)11/h3-5H,1-2H3,(H,10,11)/p-1. The molecular formula is C9H9O3-. The molecule has 1 aromatic rings. The quantitative estimate of drug-likeness (QED) is 0.636. The van der Waals surface area contributed by atoms with Crippen molar-refractivity contribution in [1.29, 1.82) is 0 Å². The maximum Gasteiger partial charge on any atom is 0.119 e. The van der Waals surface area contributed by atoms with Gasteiger partial charge in [-0.1, -0.05) is 0 Å². The molecule has 64 valence electrons. The minimum atomic E-state index is -1.16. The lowest BCUT2D eigenvalue weighted by atomic mass is 10.1. The number of carbonyl (C=O) groups is 1. The van der Waals surface area contributed by atoms with Crippen molar-refractivity contribution in [1.82, 2.24) is 0 Å². The van der Waals surface area contributed by atoms with Gasteiger partial charge < -0.3 is 14.6 Å². The normalized spacial score (nSPS) is 9.50. The Morgan fingerprint density at radius 1 is 1.50 bits per heavy atom. The van der Waals surface area contributed by atoms with Crippen molar-refractivity contribution in [3.63, 3.8) is 0 Å². The first-order valence-corrected chi connectivity index (χ1v) is 3.51. The van der Waals surface area contributed by atoms with E-state index in [1.165, 1.54) is 13.2 Å². The number of ether oxygens (including phenoxy) is 1. The average molecular weight is 165 g/mol. The summed E-state index contributed by atoms with van der Waals surface area (Å²) in [4.78, 5) is 10.5. The molecule has 0 spiro atoms. The second-order valence-electron chi connectivity index (χ2n) is 2.47. The van der Waals surface area contributed by atoms with Crippen LogP contribution in [0.5, 0.6) is 5.75 Å². The number of carboxylic acid groups (broad SMARTS) is 1. The number of rotatable bonds is 2. The van der Waals surface area contributed by atoms with Crippen LogP contribution in [0.1, 0.15) is 15.9 Å². The molecule has 0 aliphatic carbocycles. The smallest absolute Gasteiger partial charge is 0.119 e. The molecule has 0 aliphatic rings. The van der Waals surface area contributed by atoms with Gasteiger partial charge in [-0.25, -0.2) is 0 Å². The number of hydrogen-bond donors (Lipinski definition) is 0. The van der Waals surface area contributed by atoms with Crippen LogP contribution in [0.4, 0.5) is 0 Å². The van der Waals surface area contributed by atoms with E-state index in [1.807, 2.05) is 0 Å². The van der Waals surface area contributed by atoms with Crippen molar-refractivity contribution >= 4 is 5.97 Å². The number of carbonyl (C=O) groups excluding carboxylic acids is 1. The Bertz CT molecular complexity index is 305. The minimum absolute atomic E-state index is 0.204. The monoisotopic (exact) mass is 165 g/mol. The molecule has 0 fully saturated rings. The summed E-state index contributed by atoms with van der Waals surface area (Å²) in [5, 5.41) is 10.5. The fourth-order valence-electron chi connectivity index (χ4n) is 0.992. The van der Waals surface area contributed by atoms with E-state index in [1.54, 1.807) is 19.1 Å². The average Bonchev–Trinajstić information content (AvgIpc) is 2.03. The van der Waals surface area contributed by atoms with Crippen molar-refractivity contribution in [3.8, 4) is 5.75 Å². The molecule has 0 saturated heterocycles. The highest BCUT2D eigenvalue weighted by Crippen LogP contribution is 2.15. The fraction of sp³-hybridized carbons (Fsp3) is 0.222. The summed E-state index contributed by atoms with van der Waals surface area (Å²) >= 11 is 0. The molecule has 0 bridgehead atoms. The third-order valence-electron chi connectivity index (χ3n) is 1.65. The first-order chi connectivity index (χ1) is 5.65. The Kier molecular flexibility index (Phi) is 2.33. The van der Waals surface area contributed by atoms with Gasteiger partial charge in [0.25, 0.3) is 0 Å². The summed E-state index contributed by atoms with van der Waals surface area (Å²) in [7, 11) is 1.54. The summed E-state index contributed by atoms with van der Waals surface area (Å²) in [6.07, 6.45) is 0. The Hall–Kier alpha value is -1.51. The summed E-state index contributed by atoms with van der Waals surface area (Å²) < 4.78 is 4.92. The van der Waals surface area contributed by atoms with E-state index in [9.17, 15) is 9.90 Å². The van der Waals surface area contributed by atoms with Crippen LogP contribution in [0, 0.1) is 6.92 Å². The Balaban J connectivity index is 3.12. The number of aromatic carboxylic acids is 1. The van der Waals surface area contributed by atoms with Gasteiger partial charge in [0.05, 0.1) is 13.1 Å². The van der Waals surface area contributed by atoms with E-state index in [-0.39, 0.29) is 5.56 Å². The van der Waals surface area contributed by atoms with Crippen molar-refractivity contribution in [2.75, 3.05) is 7.11 Å². The van der Waals surface area contributed by atoms with Gasteiger partial charge in [0.15, 0.2) is 0 Å². The lowest BCUT2D eigenvalue weighted by Crippen LogP contribution is -2.23. The highest BCUT2D eigenvalue weighted by molar-refractivity contribution is 5.87. The maximum atomic E-state index is 10.5. The molecule has 3 nitrogen and oxygen atoms in total. The number of methoxy groups -OCH3 is 1. The van der Waals surface area contributed by atoms with E-state index < -0.39 is 5.97 Å². The second kappa shape index (κ2) is 3.26. The van der Waals surface area contributed by atoms with Crippen LogP contribution in [0.2, 0.25) is 0 Å². The molecule has 0 atom stereocenters. The predicted octanol–water partition coefficient (Wildman–Crippen LogP) is 0.367. The third kappa shape index (κ3) is 1.56. The lowest BCUT2D eigenvalue weighted by molar-refractivity contribution is -0.255. The molecule has 0 unspecified atom stereocenters. The fourth-order valence-corrected chi connectivity index (χ4v) is 0.992. The number of carboxylic acids is 1.